The number of hydrogen-bond donors (Lipinski definition) is 3. The van der Waals surface area contributed by atoms with Gasteiger partial charge >= 0.3 is 6.18 Å². The summed E-state index contributed by atoms with van der Waals surface area (Å²) < 4.78 is 38.0. The Balaban J connectivity index is 2.32. The molecule has 0 atom stereocenters. The van der Waals surface area contributed by atoms with Crippen molar-refractivity contribution in [2.24, 2.45) is 5.84 Å². The molecule has 0 fully saturated rings. The molecule has 0 saturated carbocycles. The summed E-state index contributed by atoms with van der Waals surface area (Å²) in [6.07, 6.45) is -1.61. The Labute approximate surface area is 113 Å². The van der Waals surface area contributed by atoms with E-state index in [4.69, 9.17) is 5.84 Å². The van der Waals surface area contributed by atoms with Crippen molar-refractivity contribution in [3.05, 3.63) is 41.7 Å². The predicted molar refractivity (Wildman–Crippen MR) is 69.3 cm³/mol. The molecule has 0 bridgehead atoms. The van der Waals surface area contributed by atoms with Crippen molar-refractivity contribution < 1.29 is 13.2 Å². The van der Waals surface area contributed by atoms with Crippen LogP contribution in [0, 0.1) is 6.92 Å². The highest BCUT2D eigenvalue weighted by atomic mass is 19.4. The fraction of sp³-hybridized carbons (Fsp3) is 0.167. The number of rotatable bonds is 3. The van der Waals surface area contributed by atoms with Gasteiger partial charge in [-0.25, -0.2) is 10.8 Å². The summed E-state index contributed by atoms with van der Waals surface area (Å²) in [6.45, 7) is 1.70. The van der Waals surface area contributed by atoms with Crippen LogP contribution in [0.2, 0.25) is 0 Å². The molecule has 0 aliphatic rings. The summed E-state index contributed by atoms with van der Waals surface area (Å²) in [7, 11) is 0. The van der Waals surface area contributed by atoms with Crippen molar-refractivity contribution >= 4 is 17.3 Å². The standard InChI is InChI=1S/C12H12F3N5/c1-7-2-3-8(12(13,14)15)4-9(7)18-10-5-17-6-11(19-10)20-16/h2-6H,16H2,1H3,(H2,18,19,20). The second-order valence-electron chi connectivity index (χ2n) is 4.09. The molecular formula is C12H12F3N5. The number of anilines is 3. The summed E-state index contributed by atoms with van der Waals surface area (Å²) in [5, 5.41) is 2.79. The van der Waals surface area contributed by atoms with Gasteiger partial charge in [0.1, 0.15) is 0 Å². The van der Waals surface area contributed by atoms with Crippen LogP contribution in [0.5, 0.6) is 0 Å². The average Bonchev–Trinajstić information content (AvgIpc) is 2.40. The third-order valence-corrected chi connectivity index (χ3v) is 2.61. The summed E-state index contributed by atoms with van der Waals surface area (Å²) in [5.74, 6) is 5.79. The molecule has 106 valence electrons. The molecule has 0 radical (unpaired) electrons. The van der Waals surface area contributed by atoms with Gasteiger partial charge in [0, 0.05) is 5.69 Å². The number of nitrogens with zero attached hydrogens (tertiary/aromatic N) is 2. The van der Waals surface area contributed by atoms with E-state index in [9.17, 15) is 13.2 Å². The lowest BCUT2D eigenvalue weighted by Crippen LogP contribution is -2.10. The molecule has 1 aromatic carbocycles. The lowest BCUT2D eigenvalue weighted by atomic mass is 10.1. The van der Waals surface area contributed by atoms with E-state index in [0.717, 1.165) is 12.1 Å². The van der Waals surface area contributed by atoms with Crippen molar-refractivity contribution in [2.75, 3.05) is 10.7 Å². The van der Waals surface area contributed by atoms with E-state index in [0.29, 0.717) is 22.9 Å². The van der Waals surface area contributed by atoms with E-state index in [-0.39, 0.29) is 0 Å². The summed E-state index contributed by atoms with van der Waals surface area (Å²) in [4.78, 5) is 7.89. The second kappa shape index (κ2) is 5.33. The van der Waals surface area contributed by atoms with Crippen LogP contribution in [0.4, 0.5) is 30.5 Å². The number of aromatic nitrogens is 2. The maximum absolute atomic E-state index is 12.7. The molecule has 1 heterocycles. The number of halogens is 3. The molecule has 2 aromatic rings. The van der Waals surface area contributed by atoms with E-state index in [2.05, 4.69) is 20.7 Å². The van der Waals surface area contributed by atoms with Gasteiger partial charge in [0.25, 0.3) is 0 Å². The third kappa shape index (κ3) is 3.15. The van der Waals surface area contributed by atoms with Gasteiger partial charge in [-0.1, -0.05) is 6.07 Å². The minimum atomic E-state index is -4.39. The van der Waals surface area contributed by atoms with E-state index in [1.807, 2.05) is 0 Å². The van der Waals surface area contributed by atoms with Gasteiger partial charge in [0.15, 0.2) is 11.6 Å². The van der Waals surface area contributed by atoms with Gasteiger partial charge in [0.2, 0.25) is 0 Å². The fourth-order valence-corrected chi connectivity index (χ4v) is 1.57. The summed E-state index contributed by atoms with van der Waals surface area (Å²) in [5.41, 5.74) is 2.55. The Morgan fingerprint density at radius 2 is 1.85 bits per heavy atom. The second-order valence-corrected chi connectivity index (χ2v) is 4.09. The highest BCUT2D eigenvalue weighted by Crippen LogP contribution is 2.32. The Morgan fingerprint density at radius 1 is 1.15 bits per heavy atom. The van der Waals surface area contributed by atoms with Gasteiger partial charge in [-0.3, -0.25) is 4.98 Å². The first-order chi connectivity index (χ1) is 9.40. The van der Waals surface area contributed by atoms with E-state index < -0.39 is 11.7 Å². The molecule has 0 saturated heterocycles. The van der Waals surface area contributed by atoms with Crippen LogP contribution < -0.4 is 16.6 Å². The number of hydrazine groups is 1. The topological polar surface area (TPSA) is 75.9 Å². The minimum Gasteiger partial charge on any atom is -0.339 e. The smallest absolute Gasteiger partial charge is 0.339 e. The molecule has 5 nitrogen and oxygen atoms in total. The molecule has 0 unspecified atom stereocenters. The monoisotopic (exact) mass is 283 g/mol. The Kier molecular flexibility index (Phi) is 3.75. The zero-order valence-corrected chi connectivity index (χ0v) is 10.5. The maximum Gasteiger partial charge on any atom is 0.416 e. The van der Waals surface area contributed by atoms with Crippen LogP contribution in [-0.4, -0.2) is 9.97 Å². The fourth-order valence-electron chi connectivity index (χ4n) is 1.57. The van der Waals surface area contributed by atoms with Crippen molar-refractivity contribution in [3.8, 4) is 0 Å². The molecule has 0 aliphatic carbocycles. The summed E-state index contributed by atoms with van der Waals surface area (Å²) in [6, 6.07) is 3.45. The van der Waals surface area contributed by atoms with Crippen LogP contribution in [0.1, 0.15) is 11.1 Å². The first-order valence-corrected chi connectivity index (χ1v) is 5.63. The van der Waals surface area contributed by atoms with Gasteiger partial charge in [-0.05, 0) is 24.6 Å². The number of benzene rings is 1. The lowest BCUT2D eigenvalue weighted by molar-refractivity contribution is -0.137. The zero-order chi connectivity index (χ0) is 14.8. The third-order valence-electron chi connectivity index (χ3n) is 2.61. The van der Waals surface area contributed by atoms with E-state index >= 15 is 0 Å². The molecule has 0 aliphatic heterocycles. The van der Waals surface area contributed by atoms with Crippen LogP contribution in [0.25, 0.3) is 0 Å². The Bertz CT molecular complexity index is 612. The average molecular weight is 283 g/mol. The van der Waals surface area contributed by atoms with Crippen molar-refractivity contribution in [2.45, 2.75) is 13.1 Å². The maximum atomic E-state index is 12.7. The van der Waals surface area contributed by atoms with Gasteiger partial charge in [-0.2, -0.15) is 13.2 Å². The molecule has 8 heteroatoms. The van der Waals surface area contributed by atoms with Crippen molar-refractivity contribution in [1.82, 2.24) is 9.97 Å². The lowest BCUT2D eigenvalue weighted by Gasteiger charge is -2.13. The molecule has 0 amide bonds. The van der Waals surface area contributed by atoms with Crippen LogP contribution >= 0.6 is 0 Å². The quantitative estimate of drug-likeness (QED) is 0.596. The largest absolute Gasteiger partial charge is 0.416 e. The molecule has 0 spiro atoms. The molecule has 1 aromatic heterocycles. The zero-order valence-electron chi connectivity index (χ0n) is 10.5. The minimum absolute atomic E-state index is 0.294. The number of hydrogen-bond acceptors (Lipinski definition) is 5. The van der Waals surface area contributed by atoms with Crippen molar-refractivity contribution in [3.63, 3.8) is 0 Å². The Hall–Kier alpha value is -2.35. The number of alkyl halides is 3. The number of aryl methyl sites for hydroxylation is 1. The van der Waals surface area contributed by atoms with Crippen molar-refractivity contribution in [1.29, 1.82) is 0 Å². The molecule has 2 rings (SSSR count). The van der Waals surface area contributed by atoms with E-state index in [1.165, 1.54) is 18.5 Å². The first kappa shape index (κ1) is 14.1. The number of nitrogens with one attached hydrogen (secondary N) is 2. The van der Waals surface area contributed by atoms with E-state index in [1.54, 1.807) is 6.92 Å². The number of nitrogens with two attached hydrogens (primary N) is 1. The molecule has 4 N–H and O–H groups in total. The molecule has 20 heavy (non-hydrogen) atoms. The first-order valence-electron chi connectivity index (χ1n) is 5.63. The SMILES string of the molecule is Cc1ccc(C(F)(F)F)cc1Nc1cncc(NN)n1. The van der Waals surface area contributed by atoms with Gasteiger partial charge in [-0.15, -0.1) is 0 Å². The highest BCUT2D eigenvalue weighted by molar-refractivity contribution is 5.62. The van der Waals surface area contributed by atoms with Crippen LogP contribution in [0.15, 0.2) is 30.6 Å². The van der Waals surface area contributed by atoms with Crippen LogP contribution in [0.3, 0.4) is 0 Å². The normalized spacial score (nSPS) is 11.2. The van der Waals surface area contributed by atoms with Crippen LogP contribution in [-0.2, 0) is 6.18 Å². The van der Waals surface area contributed by atoms with Gasteiger partial charge < -0.3 is 10.7 Å². The Morgan fingerprint density at radius 3 is 2.50 bits per heavy atom. The predicted octanol–water partition coefficient (Wildman–Crippen LogP) is 2.83. The molecular weight excluding hydrogens is 271 g/mol. The summed E-state index contributed by atoms with van der Waals surface area (Å²) >= 11 is 0. The van der Waals surface area contributed by atoms with Gasteiger partial charge in [0.05, 0.1) is 18.0 Å². The number of nitrogen functional groups attached to an aromatic ring is 1. The highest BCUT2D eigenvalue weighted by Gasteiger charge is 2.30.